The van der Waals surface area contributed by atoms with E-state index in [-0.39, 0.29) is 29.9 Å². The van der Waals surface area contributed by atoms with E-state index in [2.05, 4.69) is 25.2 Å². The van der Waals surface area contributed by atoms with Crippen molar-refractivity contribution < 1.29 is 9.90 Å². The second-order valence-corrected chi connectivity index (χ2v) is 8.55. The average molecular weight is 369 g/mol. The Morgan fingerprint density at radius 3 is 2.93 bits per heavy atom. The quantitative estimate of drug-likeness (QED) is 0.748. The molecule has 1 aliphatic heterocycles. The zero-order chi connectivity index (χ0) is 18.4. The second-order valence-electron chi connectivity index (χ2n) is 8.55. The van der Waals surface area contributed by atoms with Gasteiger partial charge in [-0.15, -0.1) is 0 Å². The number of H-pyrrole nitrogens is 1. The molecule has 3 N–H and O–H groups in total. The van der Waals surface area contributed by atoms with Crippen LogP contribution in [0.4, 0.5) is 5.82 Å². The van der Waals surface area contributed by atoms with Crippen molar-refractivity contribution in [3.8, 4) is 0 Å². The van der Waals surface area contributed by atoms with Gasteiger partial charge in [0.2, 0.25) is 5.91 Å². The van der Waals surface area contributed by atoms with Crippen LogP contribution in [0.2, 0.25) is 0 Å². The Balaban J connectivity index is 1.31. The van der Waals surface area contributed by atoms with Gasteiger partial charge < -0.3 is 20.3 Å². The summed E-state index contributed by atoms with van der Waals surface area (Å²) in [6.45, 7) is 1.74. The van der Waals surface area contributed by atoms with Crippen molar-refractivity contribution in [1.82, 2.24) is 20.3 Å². The summed E-state index contributed by atoms with van der Waals surface area (Å²) in [5.41, 5.74) is 0.922. The molecule has 3 fully saturated rings. The van der Waals surface area contributed by atoms with Gasteiger partial charge in [-0.25, -0.2) is 9.97 Å². The van der Waals surface area contributed by atoms with Crippen molar-refractivity contribution in [2.45, 2.75) is 44.6 Å². The van der Waals surface area contributed by atoms with Gasteiger partial charge in [0.25, 0.3) is 0 Å². The molecule has 2 atom stereocenters. The van der Waals surface area contributed by atoms with Crippen molar-refractivity contribution >= 4 is 22.8 Å². The largest absolute Gasteiger partial charge is 0.394 e. The number of aromatic amines is 1. The third-order valence-electron chi connectivity index (χ3n) is 7.02. The predicted octanol–water partition coefficient (Wildman–Crippen LogP) is 1.84. The van der Waals surface area contributed by atoms with Crippen molar-refractivity contribution in [3.05, 3.63) is 18.6 Å². The number of nitrogens with one attached hydrogen (secondary N) is 2. The van der Waals surface area contributed by atoms with Crippen LogP contribution in [0.3, 0.4) is 0 Å². The van der Waals surface area contributed by atoms with Gasteiger partial charge in [0, 0.05) is 25.2 Å². The van der Waals surface area contributed by atoms with Crippen LogP contribution in [0.25, 0.3) is 11.0 Å². The molecule has 2 aromatic rings. The summed E-state index contributed by atoms with van der Waals surface area (Å²) < 4.78 is 0. The molecule has 0 aromatic carbocycles. The van der Waals surface area contributed by atoms with Crippen LogP contribution in [0, 0.1) is 17.3 Å². The van der Waals surface area contributed by atoms with Crippen LogP contribution in [-0.4, -0.2) is 51.7 Å². The van der Waals surface area contributed by atoms with E-state index < -0.39 is 0 Å². The maximum atomic E-state index is 13.0. The number of aliphatic hydroxyl groups excluding tert-OH is 1. The molecule has 1 spiro atoms. The number of carbonyl (C=O) groups is 1. The monoisotopic (exact) mass is 369 g/mol. The first-order valence-electron chi connectivity index (χ1n) is 10.1. The van der Waals surface area contributed by atoms with Crippen LogP contribution >= 0.6 is 0 Å². The van der Waals surface area contributed by atoms with Crippen molar-refractivity contribution in [2.75, 3.05) is 24.6 Å². The molecule has 7 heteroatoms. The van der Waals surface area contributed by atoms with E-state index in [1.54, 1.807) is 6.33 Å². The summed E-state index contributed by atoms with van der Waals surface area (Å²) in [6.07, 6.45) is 9.98. The number of aromatic nitrogens is 3. The van der Waals surface area contributed by atoms with Crippen molar-refractivity contribution in [3.63, 3.8) is 0 Å². The van der Waals surface area contributed by atoms with Gasteiger partial charge in [-0.1, -0.05) is 6.42 Å². The fraction of sp³-hybridized carbons (Fsp3) is 0.650. The van der Waals surface area contributed by atoms with Gasteiger partial charge in [0.15, 0.2) is 0 Å². The minimum absolute atomic E-state index is 0.0476. The minimum Gasteiger partial charge on any atom is -0.394 e. The van der Waals surface area contributed by atoms with E-state index in [0.717, 1.165) is 62.0 Å². The number of piperidine rings is 1. The van der Waals surface area contributed by atoms with Crippen molar-refractivity contribution in [2.24, 2.45) is 17.3 Å². The lowest BCUT2D eigenvalue weighted by Crippen LogP contribution is -2.52. The molecular formula is C20H27N5O2. The Morgan fingerprint density at radius 2 is 2.22 bits per heavy atom. The number of anilines is 1. The Morgan fingerprint density at radius 1 is 1.37 bits per heavy atom. The molecular weight excluding hydrogens is 342 g/mol. The molecule has 2 aliphatic carbocycles. The molecule has 3 aliphatic rings. The van der Waals surface area contributed by atoms with Crippen LogP contribution in [0.5, 0.6) is 0 Å². The molecule has 1 amide bonds. The molecule has 0 radical (unpaired) electrons. The Labute approximate surface area is 158 Å². The Hall–Kier alpha value is -2.15. The topological polar surface area (TPSA) is 94.1 Å². The Kier molecular flexibility index (Phi) is 4.07. The number of nitrogens with zero attached hydrogens (tertiary/aromatic N) is 3. The molecule has 7 nitrogen and oxygen atoms in total. The molecule has 5 rings (SSSR count). The number of hydrogen-bond donors (Lipinski definition) is 3. The fourth-order valence-corrected chi connectivity index (χ4v) is 4.97. The molecule has 3 heterocycles. The van der Waals surface area contributed by atoms with E-state index in [0.29, 0.717) is 5.92 Å². The predicted molar refractivity (Wildman–Crippen MR) is 102 cm³/mol. The number of hydrogen-bond acceptors (Lipinski definition) is 5. The van der Waals surface area contributed by atoms with Gasteiger partial charge in [-0.05, 0) is 49.5 Å². The highest BCUT2D eigenvalue weighted by atomic mass is 16.3. The van der Waals surface area contributed by atoms with E-state index in [1.807, 2.05) is 12.3 Å². The van der Waals surface area contributed by atoms with Crippen LogP contribution in [0.1, 0.15) is 38.5 Å². The third kappa shape index (κ3) is 2.88. The summed E-state index contributed by atoms with van der Waals surface area (Å²) in [4.78, 5) is 27.3. The van der Waals surface area contributed by atoms with Crippen LogP contribution in [0.15, 0.2) is 18.6 Å². The summed E-state index contributed by atoms with van der Waals surface area (Å²) in [7, 11) is 0. The van der Waals surface area contributed by atoms with Gasteiger partial charge in [0.1, 0.15) is 17.8 Å². The van der Waals surface area contributed by atoms with Gasteiger partial charge in [-0.3, -0.25) is 4.79 Å². The van der Waals surface area contributed by atoms with Crippen LogP contribution in [-0.2, 0) is 4.79 Å². The lowest BCUT2D eigenvalue weighted by Gasteiger charge is -2.40. The SMILES string of the molecule is O=C(N[C@@H](CO)C1CCC1)[C@H]1CCN(c2ncnc3[nH]ccc23)CC12CC2. The zero-order valence-electron chi connectivity index (χ0n) is 15.5. The molecule has 0 unspecified atom stereocenters. The zero-order valence-corrected chi connectivity index (χ0v) is 15.5. The Bertz CT molecular complexity index is 842. The van der Waals surface area contributed by atoms with Crippen LogP contribution < -0.4 is 10.2 Å². The first kappa shape index (κ1) is 17.0. The van der Waals surface area contributed by atoms with Crippen molar-refractivity contribution in [1.29, 1.82) is 0 Å². The molecule has 2 aromatic heterocycles. The van der Waals surface area contributed by atoms with Gasteiger partial charge >= 0.3 is 0 Å². The number of fused-ring (bicyclic) bond motifs is 1. The van der Waals surface area contributed by atoms with E-state index in [4.69, 9.17) is 0 Å². The lowest BCUT2D eigenvalue weighted by molar-refractivity contribution is -0.129. The molecule has 1 saturated heterocycles. The fourth-order valence-electron chi connectivity index (χ4n) is 4.97. The third-order valence-corrected chi connectivity index (χ3v) is 7.02. The number of rotatable bonds is 5. The van der Waals surface area contributed by atoms with E-state index >= 15 is 0 Å². The lowest BCUT2D eigenvalue weighted by atomic mass is 9.78. The van der Waals surface area contributed by atoms with Gasteiger partial charge in [-0.2, -0.15) is 0 Å². The molecule has 144 valence electrons. The number of amides is 1. The molecule has 27 heavy (non-hydrogen) atoms. The minimum atomic E-state index is -0.0681. The highest BCUT2D eigenvalue weighted by Crippen LogP contribution is 2.56. The normalized spacial score (nSPS) is 25.4. The van der Waals surface area contributed by atoms with E-state index in [1.165, 1.54) is 6.42 Å². The maximum absolute atomic E-state index is 13.0. The molecule has 2 saturated carbocycles. The van der Waals surface area contributed by atoms with E-state index in [9.17, 15) is 9.90 Å². The average Bonchev–Trinajstić information content (AvgIpc) is 3.21. The molecule has 0 bridgehead atoms. The highest BCUT2D eigenvalue weighted by molar-refractivity contribution is 5.87. The summed E-state index contributed by atoms with van der Waals surface area (Å²) in [6, 6.07) is 1.95. The maximum Gasteiger partial charge on any atom is 0.224 e. The summed E-state index contributed by atoms with van der Waals surface area (Å²) in [5.74, 6) is 1.62. The standard InChI is InChI=1S/C20H27N5O2/c26-10-16(13-2-1-3-13)24-19(27)15-5-9-25(11-20(15)6-7-20)18-14-4-8-21-17(14)22-12-23-18/h4,8,12-13,15-16,26H,1-3,5-7,9-11H2,(H,24,27)(H,21,22,23)/t15-,16+/m1/s1. The number of aliphatic hydroxyl groups is 1. The van der Waals surface area contributed by atoms with Gasteiger partial charge in [0.05, 0.1) is 18.0 Å². The number of carbonyl (C=O) groups excluding carboxylic acids is 1. The second kappa shape index (κ2) is 6.48. The first-order chi connectivity index (χ1) is 13.2. The summed E-state index contributed by atoms with van der Waals surface area (Å²) in [5, 5.41) is 13.9. The first-order valence-corrected chi connectivity index (χ1v) is 10.1. The smallest absolute Gasteiger partial charge is 0.224 e. The highest BCUT2D eigenvalue weighted by Gasteiger charge is 2.55. The summed E-state index contributed by atoms with van der Waals surface area (Å²) >= 11 is 0.